The second-order valence-corrected chi connectivity index (χ2v) is 8.41. The summed E-state index contributed by atoms with van der Waals surface area (Å²) in [4.78, 5) is 33.0. The fourth-order valence-corrected chi connectivity index (χ4v) is 4.23. The topological polar surface area (TPSA) is 108 Å². The van der Waals surface area contributed by atoms with Crippen molar-refractivity contribution in [1.29, 1.82) is 0 Å². The molecule has 4 aromatic heterocycles. The molecule has 0 aromatic carbocycles. The zero-order valence-electron chi connectivity index (χ0n) is 20.7. The van der Waals surface area contributed by atoms with E-state index in [-0.39, 0.29) is 29.9 Å². The fraction of sp³-hybridized carbons (Fsp3) is 0.400. The summed E-state index contributed by atoms with van der Waals surface area (Å²) in [5, 5.41) is 8.92. The lowest BCUT2D eigenvalue weighted by atomic mass is 10.0. The second kappa shape index (κ2) is 10.1. The Hall–Kier alpha value is -3.95. The number of aromatic nitrogens is 5. The number of pyridine rings is 1. The standard InChI is InChI=1S/C25H30N6O4/c1-6-9-19(7-2)31(25(33)34-8-3)21-20-10-16(17-12-27-29(4)14-17)11-26-24(20)35-23(21)22(32)18-13-28-30(5)15-18/h10-15,19H,6-9H2,1-5H3. The molecule has 0 bridgehead atoms. The van der Waals surface area contributed by atoms with Crippen LogP contribution < -0.4 is 4.90 Å². The lowest BCUT2D eigenvalue weighted by Crippen LogP contribution is -2.41. The fourth-order valence-electron chi connectivity index (χ4n) is 4.23. The van der Waals surface area contributed by atoms with Gasteiger partial charge in [0.05, 0.1) is 30.0 Å². The van der Waals surface area contributed by atoms with Gasteiger partial charge in [0.15, 0.2) is 0 Å². The molecule has 0 aliphatic carbocycles. The Morgan fingerprint density at radius 1 is 1.06 bits per heavy atom. The number of hydrogen-bond donors (Lipinski definition) is 0. The highest BCUT2D eigenvalue weighted by Gasteiger charge is 2.35. The summed E-state index contributed by atoms with van der Waals surface area (Å²) >= 11 is 0. The first kappa shape index (κ1) is 24.2. The predicted octanol–water partition coefficient (Wildman–Crippen LogP) is 4.73. The molecule has 4 aromatic rings. The first-order valence-electron chi connectivity index (χ1n) is 11.8. The number of carbonyl (C=O) groups is 2. The lowest BCUT2D eigenvalue weighted by Gasteiger charge is -2.30. The number of ketones is 1. The highest BCUT2D eigenvalue weighted by Crippen LogP contribution is 2.39. The van der Waals surface area contributed by atoms with Gasteiger partial charge in [-0.1, -0.05) is 20.3 Å². The average molecular weight is 479 g/mol. The molecule has 0 spiro atoms. The van der Waals surface area contributed by atoms with Gasteiger partial charge in [-0.3, -0.25) is 19.1 Å². The highest BCUT2D eigenvalue weighted by atomic mass is 16.6. The molecule has 35 heavy (non-hydrogen) atoms. The largest absolute Gasteiger partial charge is 0.449 e. The van der Waals surface area contributed by atoms with Crippen molar-refractivity contribution in [2.75, 3.05) is 11.5 Å². The molecule has 0 aliphatic heterocycles. The molecule has 0 fully saturated rings. The summed E-state index contributed by atoms with van der Waals surface area (Å²) in [5.41, 5.74) is 2.64. The van der Waals surface area contributed by atoms with E-state index in [4.69, 9.17) is 9.15 Å². The Balaban J connectivity index is 1.98. The number of carbonyl (C=O) groups excluding carboxylic acids is 2. The number of furan rings is 1. The predicted molar refractivity (Wildman–Crippen MR) is 131 cm³/mol. The Kier molecular flexibility index (Phi) is 6.99. The van der Waals surface area contributed by atoms with Crippen LogP contribution in [0.2, 0.25) is 0 Å². The van der Waals surface area contributed by atoms with Gasteiger partial charge in [-0.15, -0.1) is 0 Å². The van der Waals surface area contributed by atoms with E-state index in [9.17, 15) is 9.59 Å². The van der Waals surface area contributed by atoms with Crippen molar-refractivity contribution in [2.45, 2.75) is 46.1 Å². The first-order chi connectivity index (χ1) is 16.9. The van der Waals surface area contributed by atoms with Gasteiger partial charge in [-0.2, -0.15) is 10.2 Å². The summed E-state index contributed by atoms with van der Waals surface area (Å²) in [5.74, 6) is -0.346. The van der Waals surface area contributed by atoms with Crippen molar-refractivity contribution in [1.82, 2.24) is 24.5 Å². The Bertz CT molecular complexity index is 1350. The van der Waals surface area contributed by atoms with Crippen molar-refractivity contribution in [3.8, 4) is 11.1 Å². The number of amides is 1. The zero-order valence-corrected chi connectivity index (χ0v) is 20.7. The van der Waals surface area contributed by atoms with Crippen LogP contribution in [0.25, 0.3) is 22.2 Å². The third kappa shape index (κ3) is 4.68. The molecule has 0 aliphatic rings. The van der Waals surface area contributed by atoms with Gasteiger partial charge in [-0.05, 0) is 25.8 Å². The van der Waals surface area contributed by atoms with Crippen LogP contribution in [-0.2, 0) is 18.8 Å². The van der Waals surface area contributed by atoms with Gasteiger partial charge in [0, 0.05) is 49.9 Å². The van der Waals surface area contributed by atoms with E-state index in [1.54, 1.807) is 46.8 Å². The number of hydrogen-bond acceptors (Lipinski definition) is 7. The molecule has 184 valence electrons. The summed E-state index contributed by atoms with van der Waals surface area (Å²) in [6.45, 7) is 6.03. The van der Waals surface area contributed by atoms with Gasteiger partial charge in [0.1, 0.15) is 5.69 Å². The van der Waals surface area contributed by atoms with Crippen LogP contribution in [0.3, 0.4) is 0 Å². The normalized spacial score (nSPS) is 12.1. The molecule has 4 heterocycles. The Morgan fingerprint density at radius 3 is 2.40 bits per heavy atom. The second-order valence-electron chi connectivity index (χ2n) is 8.41. The third-order valence-corrected chi connectivity index (χ3v) is 5.90. The molecule has 1 atom stereocenters. The van der Waals surface area contributed by atoms with Gasteiger partial charge in [-0.25, -0.2) is 9.78 Å². The maximum absolute atomic E-state index is 13.6. The van der Waals surface area contributed by atoms with Crippen molar-refractivity contribution < 1.29 is 18.7 Å². The minimum atomic E-state index is -0.525. The Morgan fingerprint density at radius 2 is 1.80 bits per heavy atom. The third-order valence-electron chi connectivity index (χ3n) is 5.90. The number of aryl methyl sites for hydroxylation is 2. The maximum Gasteiger partial charge on any atom is 0.414 e. The van der Waals surface area contributed by atoms with E-state index in [0.29, 0.717) is 23.1 Å². The van der Waals surface area contributed by atoms with Crippen LogP contribution >= 0.6 is 0 Å². The van der Waals surface area contributed by atoms with E-state index in [1.165, 1.54) is 6.20 Å². The summed E-state index contributed by atoms with van der Waals surface area (Å²) in [6.07, 6.45) is 10.1. The van der Waals surface area contributed by atoms with Gasteiger partial charge in [0.25, 0.3) is 0 Å². The average Bonchev–Trinajstić information content (AvgIpc) is 3.57. The molecule has 10 nitrogen and oxygen atoms in total. The first-order valence-corrected chi connectivity index (χ1v) is 11.8. The number of ether oxygens (including phenoxy) is 1. The quantitative estimate of drug-likeness (QED) is 0.320. The number of nitrogens with zero attached hydrogens (tertiary/aromatic N) is 6. The minimum Gasteiger partial charge on any atom is -0.449 e. The van der Waals surface area contributed by atoms with E-state index in [2.05, 4.69) is 22.1 Å². The molecular formula is C25H30N6O4. The van der Waals surface area contributed by atoms with Crippen molar-refractivity contribution in [3.63, 3.8) is 0 Å². The highest BCUT2D eigenvalue weighted by molar-refractivity contribution is 6.17. The molecule has 0 N–H and O–H groups in total. The number of rotatable bonds is 9. The monoisotopic (exact) mass is 478 g/mol. The van der Waals surface area contributed by atoms with E-state index in [1.807, 2.05) is 26.2 Å². The Labute approximate surface area is 203 Å². The van der Waals surface area contributed by atoms with Crippen LogP contribution in [0.4, 0.5) is 10.5 Å². The lowest BCUT2D eigenvalue weighted by molar-refractivity contribution is 0.101. The SMILES string of the molecule is CCCC(CC)N(C(=O)OCC)c1c(C(=O)c2cnn(C)c2)oc2ncc(-c3cnn(C)c3)cc12. The molecule has 10 heteroatoms. The van der Waals surface area contributed by atoms with Crippen LogP contribution in [0, 0.1) is 0 Å². The van der Waals surface area contributed by atoms with Crippen molar-refractivity contribution in [3.05, 3.63) is 48.4 Å². The molecular weight excluding hydrogens is 448 g/mol. The molecule has 1 unspecified atom stereocenters. The smallest absolute Gasteiger partial charge is 0.414 e. The summed E-state index contributed by atoms with van der Waals surface area (Å²) in [6, 6.07) is 1.69. The molecule has 4 rings (SSSR count). The van der Waals surface area contributed by atoms with Crippen LogP contribution in [0.15, 0.2) is 41.5 Å². The van der Waals surface area contributed by atoms with Gasteiger partial charge in [0.2, 0.25) is 17.3 Å². The van der Waals surface area contributed by atoms with Crippen molar-refractivity contribution in [2.24, 2.45) is 14.1 Å². The van der Waals surface area contributed by atoms with E-state index < -0.39 is 6.09 Å². The molecule has 0 radical (unpaired) electrons. The van der Waals surface area contributed by atoms with Crippen LogP contribution in [0.1, 0.15) is 56.2 Å². The van der Waals surface area contributed by atoms with Gasteiger partial charge < -0.3 is 9.15 Å². The van der Waals surface area contributed by atoms with Crippen molar-refractivity contribution >= 4 is 28.7 Å². The van der Waals surface area contributed by atoms with Crippen LogP contribution in [0.5, 0.6) is 0 Å². The molecule has 1 amide bonds. The van der Waals surface area contributed by atoms with E-state index >= 15 is 0 Å². The maximum atomic E-state index is 13.6. The zero-order chi connectivity index (χ0) is 25.1. The number of anilines is 1. The van der Waals surface area contributed by atoms with E-state index in [0.717, 1.165) is 24.0 Å². The van der Waals surface area contributed by atoms with Crippen LogP contribution in [-0.4, -0.2) is 49.1 Å². The number of fused-ring (bicyclic) bond motifs is 1. The minimum absolute atomic E-state index is 0.0337. The molecule has 0 saturated heterocycles. The summed E-state index contributed by atoms with van der Waals surface area (Å²) in [7, 11) is 3.57. The van der Waals surface area contributed by atoms with Gasteiger partial charge >= 0.3 is 6.09 Å². The molecule has 0 saturated carbocycles. The summed E-state index contributed by atoms with van der Waals surface area (Å²) < 4.78 is 14.7.